The smallest absolute Gasteiger partial charge is 0.333 e. The van der Waals surface area contributed by atoms with E-state index in [0.29, 0.717) is 22.9 Å². The van der Waals surface area contributed by atoms with Gasteiger partial charge in [-0.25, -0.2) is 35.9 Å². The molecule has 13 heteroatoms. The minimum absolute atomic E-state index is 0.0314. The van der Waals surface area contributed by atoms with Crippen molar-refractivity contribution in [2.45, 2.75) is 23.6 Å². The summed E-state index contributed by atoms with van der Waals surface area (Å²) in [5.41, 5.74) is 2.44. The zero-order valence-corrected chi connectivity index (χ0v) is 23.5. The van der Waals surface area contributed by atoms with Crippen LogP contribution in [0.5, 0.6) is 11.5 Å². The number of amides is 4. The Hall–Kier alpha value is -4.88. The second-order valence-corrected chi connectivity index (χ2v) is 12.3. The Bertz CT molecular complexity index is 1620. The van der Waals surface area contributed by atoms with E-state index in [-0.39, 0.29) is 9.79 Å². The van der Waals surface area contributed by atoms with Crippen LogP contribution in [0.25, 0.3) is 0 Å². The summed E-state index contributed by atoms with van der Waals surface area (Å²) in [6, 6.07) is 22.7. The number of nitrogens with one attached hydrogen (secondary N) is 4. The van der Waals surface area contributed by atoms with Gasteiger partial charge < -0.3 is 15.4 Å². The Kier molecular flexibility index (Phi) is 8.59. The molecule has 0 saturated carbocycles. The largest absolute Gasteiger partial charge is 0.457 e. The molecule has 4 N–H and O–H groups in total. The minimum atomic E-state index is -4.03. The van der Waals surface area contributed by atoms with Crippen LogP contribution in [-0.2, 0) is 20.0 Å². The van der Waals surface area contributed by atoms with Crippen LogP contribution >= 0.6 is 0 Å². The van der Waals surface area contributed by atoms with E-state index in [1.165, 1.54) is 48.5 Å². The monoisotopic (exact) mass is 594 g/mol. The Labute approximate surface area is 237 Å². The van der Waals surface area contributed by atoms with Gasteiger partial charge in [-0.2, -0.15) is 0 Å². The summed E-state index contributed by atoms with van der Waals surface area (Å²) in [6.45, 7) is 3.64. The number of rotatable bonds is 8. The molecule has 0 aliphatic rings. The average Bonchev–Trinajstić information content (AvgIpc) is 2.91. The number of benzene rings is 4. The van der Waals surface area contributed by atoms with E-state index in [0.717, 1.165) is 11.1 Å². The lowest BCUT2D eigenvalue weighted by Crippen LogP contribution is -2.34. The van der Waals surface area contributed by atoms with Gasteiger partial charge in [-0.1, -0.05) is 35.4 Å². The second kappa shape index (κ2) is 12.1. The lowest BCUT2D eigenvalue weighted by atomic mass is 10.2. The first kappa shape index (κ1) is 29.1. The Morgan fingerprint density at radius 3 is 1.15 bits per heavy atom. The van der Waals surface area contributed by atoms with Gasteiger partial charge in [-0.05, 0) is 86.6 Å². The molecule has 0 aromatic heterocycles. The maximum absolute atomic E-state index is 12.4. The highest BCUT2D eigenvalue weighted by atomic mass is 32.2. The Morgan fingerprint density at radius 2 is 0.829 bits per heavy atom. The van der Waals surface area contributed by atoms with Gasteiger partial charge in [-0.3, -0.25) is 0 Å². The van der Waals surface area contributed by atoms with Crippen LogP contribution in [0.4, 0.5) is 21.0 Å². The number of carbonyl (C=O) groups excluding carboxylic acids is 2. The van der Waals surface area contributed by atoms with Crippen LogP contribution in [-0.4, -0.2) is 28.9 Å². The van der Waals surface area contributed by atoms with E-state index < -0.39 is 32.1 Å². The molecule has 212 valence electrons. The van der Waals surface area contributed by atoms with E-state index in [9.17, 15) is 26.4 Å². The third-order valence-electron chi connectivity index (χ3n) is 5.58. The first-order valence-corrected chi connectivity index (χ1v) is 15.1. The fraction of sp³-hybridized carbons (Fsp3) is 0.0714. The molecule has 0 fully saturated rings. The number of sulfonamides is 2. The topological polar surface area (TPSA) is 160 Å². The fourth-order valence-corrected chi connectivity index (χ4v) is 5.27. The molecular weight excluding hydrogens is 568 g/mol. The normalized spacial score (nSPS) is 11.3. The molecule has 0 atom stereocenters. The van der Waals surface area contributed by atoms with Gasteiger partial charge in [0.25, 0.3) is 20.0 Å². The first-order chi connectivity index (χ1) is 19.4. The molecule has 11 nitrogen and oxygen atoms in total. The van der Waals surface area contributed by atoms with Gasteiger partial charge in [0.05, 0.1) is 9.79 Å². The number of urea groups is 2. The fourth-order valence-electron chi connectivity index (χ4n) is 3.46. The van der Waals surface area contributed by atoms with Gasteiger partial charge in [0.1, 0.15) is 11.5 Å². The standard InChI is InChI=1S/C28H26N4O7S2/c1-19-3-15-25(16-4-19)40(35,36)31-27(33)29-21-7-11-23(12-8-21)39-24-13-9-22(10-14-24)30-28(34)32-41(37,38)26-17-5-20(2)6-18-26/h3-18H,1-2H3,(H2,29,31,33)(H2,30,32,34). The van der Waals surface area contributed by atoms with Crippen LogP contribution in [0.15, 0.2) is 107 Å². The van der Waals surface area contributed by atoms with E-state index in [2.05, 4.69) is 10.6 Å². The molecule has 4 rings (SSSR count). The summed E-state index contributed by atoms with van der Waals surface area (Å²) in [5.74, 6) is 0.844. The van der Waals surface area contributed by atoms with Crippen LogP contribution in [0, 0.1) is 13.8 Å². The van der Waals surface area contributed by atoms with Gasteiger partial charge in [0.2, 0.25) is 0 Å². The highest BCUT2D eigenvalue weighted by Crippen LogP contribution is 2.24. The molecule has 4 aromatic carbocycles. The Balaban J connectivity index is 1.29. The molecule has 0 heterocycles. The minimum Gasteiger partial charge on any atom is -0.457 e. The number of hydrogen-bond acceptors (Lipinski definition) is 7. The highest BCUT2D eigenvalue weighted by molar-refractivity contribution is 7.90. The third kappa shape index (κ3) is 8.06. The first-order valence-electron chi connectivity index (χ1n) is 12.1. The van der Waals surface area contributed by atoms with E-state index >= 15 is 0 Å². The molecule has 0 bridgehead atoms. The molecular formula is C28H26N4O7S2. The van der Waals surface area contributed by atoms with Gasteiger partial charge in [0, 0.05) is 11.4 Å². The lowest BCUT2D eigenvalue weighted by Gasteiger charge is -2.11. The zero-order valence-electron chi connectivity index (χ0n) is 21.9. The summed E-state index contributed by atoms with van der Waals surface area (Å²) in [4.78, 5) is 24.4. The lowest BCUT2D eigenvalue weighted by molar-refractivity contribution is 0.255. The van der Waals surface area contributed by atoms with Crippen molar-refractivity contribution < 1.29 is 31.2 Å². The van der Waals surface area contributed by atoms with Crippen LogP contribution in [0.3, 0.4) is 0 Å². The van der Waals surface area contributed by atoms with Crippen molar-refractivity contribution in [1.82, 2.24) is 9.44 Å². The van der Waals surface area contributed by atoms with Crippen LogP contribution in [0.2, 0.25) is 0 Å². The van der Waals surface area contributed by atoms with Crippen molar-refractivity contribution in [3.63, 3.8) is 0 Å². The molecule has 0 radical (unpaired) electrons. The van der Waals surface area contributed by atoms with Crippen molar-refractivity contribution >= 4 is 43.5 Å². The quantitative estimate of drug-likeness (QED) is 0.220. The molecule has 0 saturated heterocycles. The van der Waals surface area contributed by atoms with Gasteiger partial charge in [-0.15, -0.1) is 0 Å². The summed E-state index contributed by atoms with van der Waals surface area (Å²) in [7, 11) is -8.05. The molecule has 0 spiro atoms. The zero-order chi connectivity index (χ0) is 29.6. The predicted molar refractivity (Wildman–Crippen MR) is 154 cm³/mol. The molecule has 4 aromatic rings. The SMILES string of the molecule is Cc1ccc(S(=O)(=O)NC(=O)Nc2ccc(Oc3ccc(NC(=O)NS(=O)(=O)c4ccc(C)cc4)cc3)cc2)cc1. The number of carbonyl (C=O) groups is 2. The highest BCUT2D eigenvalue weighted by Gasteiger charge is 2.18. The summed E-state index contributed by atoms with van der Waals surface area (Å²) >= 11 is 0. The summed E-state index contributed by atoms with van der Waals surface area (Å²) in [5, 5.41) is 4.90. The van der Waals surface area contributed by atoms with Gasteiger partial charge >= 0.3 is 12.1 Å². The van der Waals surface area contributed by atoms with Crippen molar-refractivity contribution in [1.29, 1.82) is 0 Å². The Morgan fingerprint density at radius 1 is 0.512 bits per heavy atom. The van der Waals surface area contributed by atoms with Crippen LogP contribution in [0.1, 0.15) is 11.1 Å². The van der Waals surface area contributed by atoms with E-state index in [1.807, 2.05) is 23.3 Å². The number of anilines is 2. The number of hydrogen-bond donors (Lipinski definition) is 4. The number of aryl methyl sites for hydroxylation is 2. The molecule has 0 aliphatic carbocycles. The van der Waals surface area contributed by atoms with Crippen molar-refractivity contribution in [3.8, 4) is 11.5 Å². The summed E-state index contributed by atoms with van der Waals surface area (Å²) < 4.78 is 59.1. The average molecular weight is 595 g/mol. The van der Waals surface area contributed by atoms with E-state index in [1.54, 1.807) is 48.5 Å². The predicted octanol–water partition coefficient (Wildman–Crippen LogP) is 5.12. The second-order valence-electron chi connectivity index (χ2n) is 8.90. The van der Waals surface area contributed by atoms with Gasteiger partial charge in [0.15, 0.2) is 0 Å². The number of ether oxygens (including phenoxy) is 1. The maximum atomic E-state index is 12.4. The molecule has 0 unspecified atom stereocenters. The van der Waals surface area contributed by atoms with Crippen LogP contribution < -0.4 is 24.8 Å². The van der Waals surface area contributed by atoms with E-state index in [4.69, 9.17) is 4.74 Å². The van der Waals surface area contributed by atoms with Crippen molar-refractivity contribution in [3.05, 3.63) is 108 Å². The third-order valence-corrected chi connectivity index (χ3v) is 8.27. The molecule has 0 aliphatic heterocycles. The maximum Gasteiger partial charge on any atom is 0.333 e. The summed E-state index contributed by atoms with van der Waals surface area (Å²) in [6.07, 6.45) is 0. The molecule has 4 amide bonds. The van der Waals surface area contributed by atoms with Crippen molar-refractivity contribution in [2.75, 3.05) is 10.6 Å². The van der Waals surface area contributed by atoms with Crippen molar-refractivity contribution in [2.24, 2.45) is 0 Å². The molecule has 41 heavy (non-hydrogen) atoms.